The number of hydrogen-bond acceptors (Lipinski definition) is 4. The Morgan fingerprint density at radius 1 is 1.39 bits per heavy atom. The summed E-state index contributed by atoms with van der Waals surface area (Å²) in [6.07, 6.45) is 0. The predicted octanol–water partition coefficient (Wildman–Crippen LogP) is 2.69. The number of halogens is 1. The van der Waals surface area contributed by atoms with Crippen molar-refractivity contribution in [3.63, 3.8) is 0 Å². The molecule has 2 rings (SSSR count). The molecule has 1 aromatic carbocycles. The maximum absolute atomic E-state index is 11.0. The molecule has 0 aliphatic heterocycles. The lowest BCUT2D eigenvalue weighted by atomic mass is 10.2. The van der Waals surface area contributed by atoms with Crippen molar-refractivity contribution < 1.29 is 4.79 Å². The molecule has 18 heavy (non-hydrogen) atoms. The molecule has 6 heteroatoms. The van der Waals surface area contributed by atoms with Gasteiger partial charge >= 0.3 is 0 Å². The van der Waals surface area contributed by atoms with Gasteiger partial charge < -0.3 is 16.8 Å². The highest BCUT2D eigenvalue weighted by atomic mass is 35.5. The number of anilines is 2. The molecule has 4 nitrogen and oxygen atoms in total. The molecule has 1 amide bonds. The van der Waals surface area contributed by atoms with Crippen molar-refractivity contribution in [1.82, 2.24) is 0 Å². The monoisotopic (exact) mass is 281 g/mol. The average molecular weight is 282 g/mol. The summed E-state index contributed by atoms with van der Waals surface area (Å²) in [6.45, 7) is 0.621. The van der Waals surface area contributed by atoms with E-state index in [2.05, 4.69) is 5.32 Å². The number of primary amides is 1. The Morgan fingerprint density at radius 3 is 2.72 bits per heavy atom. The molecule has 0 atom stereocenters. The molecule has 0 aliphatic rings. The zero-order chi connectivity index (χ0) is 13.1. The summed E-state index contributed by atoms with van der Waals surface area (Å²) in [7, 11) is 0. The molecule has 2 aromatic rings. The summed E-state index contributed by atoms with van der Waals surface area (Å²) < 4.78 is 0. The molecule has 0 saturated carbocycles. The van der Waals surface area contributed by atoms with E-state index in [1.165, 1.54) is 0 Å². The van der Waals surface area contributed by atoms with Crippen LogP contribution in [-0.4, -0.2) is 5.91 Å². The van der Waals surface area contributed by atoms with Crippen molar-refractivity contribution >= 4 is 40.2 Å². The van der Waals surface area contributed by atoms with Gasteiger partial charge in [-0.1, -0.05) is 11.6 Å². The van der Waals surface area contributed by atoms with Crippen LogP contribution in [0.1, 0.15) is 15.2 Å². The third-order valence-electron chi connectivity index (χ3n) is 2.47. The van der Waals surface area contributed by atoms with E-state index in [1.807, 2.05) is 11.4 Å². The summed E-state index contributed by atoms with van der Waals surface area (Å²) in [5.74, 6) is -0.533. The summed E-state index contributed by atoms with van der Waals surface area (Å²) in [4.78, 5) is 12.1. The van der Waals surface area contributed by atoms with Crippen molar-refractivity contribution in [2.75, 3.05) is 11.1 Å². The molecule has 1 heterocycles. The standard InChI is InChI=1S/C12H12ClN3OS/c13-9-5-7(1-2-8(9)12(15)17)16-6-11-10(14)3-4-18-11/h1-5,16H,6,14H2,(H2,15,17). The first kappa shape index (κ1) is 12.7. The fourth-order valence-corrected chi connectivity index (χ4v) is 2.51. The quantitative estimate of drug-likeness (QED) is 0.806. The third-order valence-corrected chi connectivity index (χ3v) is 3.72. The summed E-state index contributed by atoms with van der Waals surface area (Å²) >= 11 is 7.54. The van der Waals surface area contributed by atoms with Gasteiger partial charge in [-0.2, -0.15) is 0 Å². The number of hydrogen-bond donors (Lipinski definition) is 3. The van der Waals surface area contributed by atoms with Crippen LogP contribution in [0, 0.1) is 0 Å². The first-order valence-electron chi connectivity index (χ1n) is 5.23. The van der Waals surface area contributed by atoms with Gasteiger partial charge in [0.15, 0.2) is 0 Å². The van der Waals surface area contributed by atoms with Crippen molar-refractivity contribution in [2.45, 2.75) is 6.54 Å². The number of nitrogens with one attached hydrogen (secondary N) is 1. The highest BCUT2D eigenvalue weighted by Crippen LogP contribution is 2.23. The van der Waals surface area contributed by atoms with E-state index in [0.717, 1.165) is 16.3 Å². The maximum atomic E-state index is 11.0. The molecule has 1 aromatic heterocycles. The van der Waals surface area contributed by atoms with E-state index >= 15 is 0 Å². The minimum Gasteiger partial charge on any atom is -0.398 e. The molecule has 0 unspecified atom stereocenters. The molecule has 5 N–H and O–H groups in total. The van der Waals surface area contributed by atoms with Gasteiger partial charge in [-0.3, -0.25) is 4.79 Å². The summed E-state index contributed by atoms with van der Waals surface area (Å²) in [5.41, 5.74) is 12.9. The molecular formula is C12H12ClN3OS. The van der Waals surface area contributed by atoms with E-state index in [4.69, 9.17) is 23.1 Å². The minimum atomic E-state index is -0.533. The molecule has 0 aliphatic carbocycles. The van der Waals surface area contributed by atoms with Gasteiger partial charge in [-0.25, -0.2) is 0 Å². The number of thiophene rings is 1. The smallest absolute Gasteiger partial charge is 0.250 e. The largest absolute Gasteiger partial charge is 0.398 e. The Labute approximate surface area is 114 Å². The van der Waals surface area contributed by atoms with Crippen LogP contribution >= 0.6 is 22.9 Å². The lowest BCUT2D eigenvalue weighted by Crippen LogP contribution is -2.11. The first-order valence-corrected chi connectivity index (χ1v) is 6.49. The average Bonchev–Trinajstić information content (AvgIpc) is 2.72. The molecule has 0 radical (unpaired) electrons. The molecule has 0 spiro atoms. The fourth-order valence-electron chi connectivity index (χ4n) is 1.50. The highest BCUT2D eigenvalue weighted by Gasteiger charge is 2.07. The summed E-state index contributed by atoms with van der Waals surface area (Å²) in [5, 5.41) is 5.47. The number of nitrogens with two attached hydrogens (primary N) is 2. The van der Waals surface area contributed by atoms with E-state index < -0.39 is 5.91 Å². The fraction of sp³-hybridized carbons (Fsp3) is 0.0833. The molecule has 0 fully saturated rings. The second kappa shape index (κ2) is 5.29. The SMILES string of the molecule is NC(=O)c1ccc(NCc2sccc2N)cc1Cl. The lowest BCUT2D eigenvalue weighted by molar-refractivity contribution is 0.100. The van der Waals surface area contributed by atoms with Crippen molar-refractivity contribution in [3.05, 3.63) is 45.1 Å². The van der Waals surface area contributed by atoms with Crippen molar-refractivity contribution in [3.8, 4) is 0 Å². The Morgan fingerprint density at radius 2 is 2.17 bits per heavy atom. The van der Waals surface area contributed by atoms with Crippen LogP contribution in [0.15, 0.2) is 29.6 Å². The molecule has 0 bridgehead atoms. The first-order chi connectivity index (χ1) is 8.58. The Hall–Kier alpha value is -1.72. The van der Waals surface area contributed by atoms with Crippen molar-refractivity contribution in [1.29, 1.82) is 0 Å². The summed E-state index contributed by atoms with van der Waals surface area (Å²) in [6, 6.07) is 6.90. The Bertz CT molecular complexity index is 582. The van der Waals surface area contributed by atoms with E-state index in [9.17, 15) is 4.79 Å². The number of carbonyl (C=O) groups is 1. The van der Waals surface area contributed by atoms with Gasteiger partial charge in [-0.15, -0.1) is 11.3 Å². The number of amides is 1. The van der Waals surface area contributed by atoms with Gasteiger partial charge in [0.2, 0.25) is 5.91 Å². The van der Waals surface area contributed by atoms with Crippen LogP contribution in [0.4, 0.5) is 11.4 Å². The van der Waals surface area contributed by atoms with Gasteiger partial charge in [0, 0.05) is 16.3 Å². The second-order valence-corrected chi connectivity index (χ2v) is 5.12. The third kappa shape index (κ3) is 2.75. The maximum Gasteiger partial charge on any atom is 0.250 e. The highest BCUT2D eigenvalue weighted by molar-refractivity contribution is 7.10. The number of benzene rings is 1. The zero-order valence-electron chi connectivity index (χ0n) is 9.44. The van der Waals surface area contributed by atoms with E-state index in [-0.39, 0.29) is 0 Å². The minimum absolute atomic E-state index is 0.317. The second-order valence-electron chi connectivity index (χ2n) is 3.71. The molecule has 0 saturated heterocycles. The number of nitrogen functional groups attached to an aromatic ring is 1. The number of rotatable bonds is 4. The van der Waals surface area contributed by atoms with Gasteiger partial charge in [-0.05, 0) is 29.6 Å². The van der Waals surface area contributed by atoms with Crippen LogP contribution in [0.3, 0.4) is 0 Å². The van der Waals surface area contributed by atoms with E-state index in [0.29, 0.717) is 17.1 Å². The topological polar surface area (TPSA) is 81.1 Å². The Balaban J connectivity index is 2.09. The van der Waals surface area contributed by atoms with Gasteiger partial charge in [0.05, 0.1) is 17.1 Å². The normalized spacial score (nSPS) is 10.3. The molecule has 94 valence electrons. The molecular weight excluding hydrogens is 270 g/mol. The van der Waals surface area contributed by atoms with Gasteiger partial charge in [0.1, 0.15) is 0 Å². The van der Waals surface area contributed by atoms with Crippen LogP contribution < -0.4 is 16.8 Å². The van der Waals surface area contributed by atoms with Crippen LogP contribution in [0.5, 0.6) is 0 Å². The zero-order valence-corrected chi connectivity index (χ0v) is 11.0. The number of carbonyl (C=O) groups excluding carboxylic acids is 1. The van der Waals surface area contributed by atoms with Crippen LogP contribution in [-0.2, 0) is 6.54 Å². The van der Waals surface area contributed by atoms with Crippen LogP contribution in [0.25, 0.3) is 0 Å². The van der Waals surface area contributed by atoms with Crippen LogP contribution in [0.2, 0.25) is 5.02 Å². The van der Waals surface area contributed by atoms with E-state index in [1.54, 1.807) is 29.5 Å². The Kier molecular flexibility index (Phi) is 3.74. The lowest BCUT2D eigenvalue weighted by Gasteiger charge is -2.07. The van der Waals surface area contributed by atoms with Gasteiger partial charge in [0.25, 0.3) is 0 Å². The predicted molar refractivity (Wildman–Crippen MR) is 76.0 cm³/mol. The van der Waals surface area contributed by atoms with Crippen molar-refractivity contribution in [2.24, 2.45) is 5.73 Å².